The zero-order valence-corrected chi connectivity index (χ0v) is 12.5. The van der Waals surface area contributed by atoms with Gasteiger partial charge in [0.15, 0.2) is 0 Å². The quantitative estimate of drug-likeness (QED) is 0.609. The fourth-order valence-electron chi connectivity index (χ4n) is 2.11. The number of unbranched alkanes of at least 4 members (excludes halogenated alkanes) is 3. The van der Waals surface area contributed by atoms with Gasteiger partial charge in [0, 0.05) is 24.3 Å². The fraction of sp³-hybridized carbons (Fsp3) is 0.562. The van der Waals surface area contributed by atoms with Gasteiger partial charge in [-0.2, -0.15) is 0 Å². The summed E-state index contributed by atoms with van der Waals surface area (Å²) >= 11 is 0. The second-order valence-corrected chi connectivity index (χ2v) is 4.95. The molecule has 0 spiro atoms. The lowest BCUT2D eigenvalue weighted by molar-refractivity contribution is 0.0944. The van der Waals surface area contributed by atoms with Gasteiger partial charge in [-0.05, 0) is 31.0 Å². The van der Waals surface area contributed by atoms with Gasteiger partial charge in [-0.3, -0.25) is 4.79 Å². The smallest absolute Gasteiger partial charge is 0.251 e. The lowest BCUT2D eigenvalue weighted by Gasteiger charge is -2.13. The van der Waals surface area contributed by atoms with E-state index in [2.05, 4.69) is 17.6 Å². The Bertz CT molecular complexity index is 419. The molecule has 1 aromatic carbocycles. The van der Waals surface area contributed by atoms with Crippen LogP contribution in [0.3, 0.4) is 0 Å². The highest BCUT2D eigenvalue weighted by atomic mass is 16.3. The lowest BCUT2D eigenvalue weighted by Crippen LogP contribution is -2.27. The van der Waals surface area contributed by atoms with Crippen LogP contribution in [0, 0.1) is 6.92 Å². The Morgan fingerprint density at radius 1 is 1.20 bits per heavy atom. The van der Waals surface area contributed by atoms with Crippen LogP contribution in [0.2, 0.25) is 0 Å². The molecule has 0 radical (unpaired) electrons. The molecule has 20 heavy (non-hydrogen) atoms. The number of nitrogens with one attached hydrogen (secondary N) is 2. The largest absolute Gasteiger partial charge is 0.395 e. The van der Waals surface area contributed by atoms with Gasteiger partial charge < -0.3 is 15.7 Å². The van der Waals surface area contributed by atoms with E-state index < -0.39 is 0 Å². The van der Waals surface area contributed by atoms with Gasteiger partial charge >= 0.3 is 0 Å². The number of benzene rings is 1. The van der Waals surface area contributed by atoms with E-state index in [-0.39, 0.29) is 19.1 Å². The molecular formula is C16H26N2O2. The lowest BCUT2D eigenvalue weighted by atomic mass is 10.1. The molecule has 0 aromatic heterocycles. The third-order valence-corrected chi connectivity index (χ3v) is 3.32. The maximum atomic E-state index is 11.9. The van der Waals surface area contributed by atoms with Crippen LogP contribution in [0.25, 0.3) is 0 Å². The second-order valence-electron chi connectivity index (χ2n) is 4.95. The van der Waals surface area contributed by atoms with E-state index in [0.29, 0.717) is 5.56 Å². The minimum Gasteiger partial charge on any atom is -0.395 e. The van der Waals surface area contributed by atoms with Gasteiger partial charge in [0.2, 0.25) is 0 Å². The SMILES string of the molecule is CCCCCCNc1cccc(C(=O)NCCO)c1C. The van der Waals surface area contributed by atoms with Crippen LogP contribution in [0.4, 0.5) is 5.69 Å². The average Bonchev–Trinajstić information content (AvgIpc) is 2.46. The molecule has 112 valence electrons. The summed E-state index contributed by atoms with van der Waals surface area (Å²) in [7, 11) is 0. The zero-order chi connectivity index (χ0) is 14.8. The summed E-state index contributed by atoms with van der Waals surface area (Å²) in [6.07, 6.45) is 4.89. The first kappa shape index (κ1) is 16.5. The zero-order valence-electron chi connectivity index (χ0n) is 12.5. The molecule has 1 rings (SSSR count). The molecule has 0 bridgehead atoms. The Morgan fingerprint density at radius 2 is 2.00 bits per heavy atom. The summed E-state index contributed by atoms with van der Waals surface area (Å²) in [5.74, 6) is -0.133. The van der Waals surface area contributed by atoms with E-state index >= 15 is 0 Å². The number of rotatable bonds is 9. The van der Waals surface area contributed by atoms with Crippen LogP contribution in [0.5, 0.6) is 0 Å². The van der Waals surface area contributed by atoms with Crippen LogP contribution in [-0.2, 0) is 0 Å². The van der Waals surface area contributed by atoms with E-state index in [0.717, 1.165) is 24.2 Å². The van der Waals surface area contributed by atoms with Gasteiger partial charge in [-0.25, -0.2) is 0 Å². The summed E-state index contributed by atoms with van der Waals surface area (Å²) in [5, 5.41) is 14.8. The molecule has 1 aromatic rings. The van der Waals surface area contributed by atoms with Crippen molar-refractivity contribution in [3.05, 3.63) is 29.3 Å². The predicted octanol–water partition coefficient (Wildman–Crippen LogP) is 2.71. The standard InChI is InChI=1S/C16H26N2O2/c1-3-4-5-6-10-17-15-9-7-8-14(13(15)2)16(20)18-11-12-19/h7-9,17,19H,3-6,10-12H2,1-2H3,(H,18,20). The highest BCUT2D eigenvalue weighted by molar-refractivity contribution is 5.97. The monoisotopic (exact) mass is 278 g/mol. The molecule has 0 fully saturated rings. The average molecular weight is 278 g/mol. The number of aliphatic hydroxyl groups excluding tert-OH is 1. The number of aliphatic hydroxyl groups is 1. The van der Waals surface area contributed by atoms with Crippen LogP contribution in [0.1, 0.15) is 48.5 Å². The Hall–Kier alpha value is -1.55. The first-order chi connectivity index (χ1) is 9.70. The maximum Gasteiger partial charge on any atom is 0.251 e. The fourth-order valence-corrected chi connectivity index (χ4v) is 2.11. The molecule has 0 unspecified atom stereocenters. The number of anilines is 1. The summed E-state index contributed by atoms with van der Waals surface area (Å²) < 4.78 is 0. The van der Waals surface area contributed by atoms with Gasteiger partial charge in [0.25, 0.3) is 5.91 Å². The summed E-state index contributed by atoms with van der Waals surface area (Å²) in [4.78, 5) is 11.9. The minimum atomic E-state index is -0.133. The number of carbonyl (C=O) groups is 1. The number of amides is 1. The van der Waals surface area contributed by atoms with Gasteiger partial charge in [0.1, 0.15) is 0 Å². The molecule has 0 saturated heterocycles. The van der Waals surface area contributed by atoms with Crippen molar-refractivity contribution in [1.29, 1.82) is 0 Å². The molecule has 0 atom stereocenters. The van der Waals surface area contributed by atoms with Crippen molar-refractivity contribution in [2.45, 2.75) is 39.5 Å². The minimum absolute atomic E-state index is 0.0415. The van der Waals surface area contributed by atoms with E-state index in [1.807, 2.05) is 25.1 Å². The van der Waals surface area contributed by atoms with Gasteiger partial charge in [-0.15, -0.1) is 0 Å². The van der Waals surface area contributed by atoms with Crippen molar-refractivity contribution in [2.24, 2.45) is 0 Å². The van der Waals surface area contributed by atoms with Crippen molar-refractivity contribution in [1.82, 2.24) is 5.32 Å². The van der Waals surface area contributed by atoms with E-state index in [1.54, 1.807) is 0 Å². The Labute approximate surface area is 121 Å². The summed E-state index contributed by atoms with van der Waals surface area (Å²) in [6, 6.07) is 5.69. The van der Waals surface area contributed by atoms with Gasteiger partial charge in [-0.1, -0.05) is 32.3 Å². The molecule has 0 saturated carbocycles. The van der Waals surface area contributed by atoms with Crippen LogP contribution in [0.15, 0.2) is 18.2 Å². The summed E-state index contributed by atoms with van der Waals surface area (Å²) in [6.45, 7) is 5.32. The normalized spacial score (nSPS) is 10.3. The van der Waals surface area contributed by atoms with Gasteiger partial charge in [0.05, 0.1) is 6.61 Å². The number of carbonyl (C=O) groups excluding carboxylic acids is 1. The molecule has 0 aliphatic rings. The van der Waals surface area contributed by atoms with Crippen molar-refractivity contribution in [3.8, 4) is 0 Å². The number of hydrogen-bond acceptors (Lipinski definition) is 3. The molecule has 0 aliphatic heterocycles. The van der Waals surface area contributed by atoms with Crippen molar-refractivity contribution >= 4 is 11.6 Å². The predicted molar refractivity (Wildman–Crippen MR) is 83.2 cm³/mol. The summed E-state index contributed by atoms with van der Waals surface area (Å²) in [5.41, 5.74) is 2.63. The van der Waals surface area contributed by atoms with Crippen molar-refractivity contribution in [3.63, 3.8) is 0 Å². The van der Waals surface area contributed by atoms with Crippen LogP contribution < -0.4 is 10.6 Å². The van der Waals surface area contributed by atoms with Crippen molar-refractivity contribution in [2.75, 3.05) is 25.0 Å². The first-order valence-electron chi connectivity index (χ1n) is 7.43. The maximum absolute atomic E-state index is 11.9. The molecule has 0 heterocycles. The third-order valence-electron chi connectivity index (χ3n) is 3.32. The topological polar surface area (TPSA) is 61.4 Å². The molecule has 1 amide bonds. The Morgan fingerprint density at radius 3 is 2.70 bits per heavy atom. The highest BCUT2D eigenvalue weighted by Crippen LogP contribution is 2.19. The number of hydrogen-bond donors (Lipinski definition) is 3. The molecule has 3 N–H and O–H groups in total. The highest BCUT2D eigenvalue weighted by Gasteiger charge is 2.10. The third kappa shape index (κ3) is 5.21. The molecule has 4 heteroatoms. The van der Waals surface area contributed by atoms with E-state index in [4.69, 9.17) is 5.11 Å². The molecular weight excluding hydrogens is 252 g/mol. The van der Waals surface area contributed by atoms with Crippen molar-refractivity contribution < 1.29 is 9.90 Å². The van der Waals surface area contributed by atoms with E-state index in [9.17, 15) is 4.79 Å². The van der Waals surface area contributed by atoms with E-state index in [1.165, 1.54) is 19.3 Å². The van der Waals surface area contributed by atoms with Crippen LogP contribution in [-0.4, -0.2) is 30.7 Å². The molecule has 4 nitrogen and oxygen atoms in total. The van der Waals surface area contributed by atoms with Crippen LogP contribution >= 0.6 is 0 Å². The Kier molecular flexibility index (Phi) is 7.73. The second kappa shape index (κ2) is 9.37. The first-order valence-corrected chi connectivity index (χ1v) is 7.43. The molecule has 0 aliphatic carbocycles. The Balaban J connectivity index is 2.58.